The molecule has 1 N–H and O–H groups in total. The number of aromatic nitrogens is 2. The van der Waals surface area contributed by atoms with E-state index in [1.807, 2.05) is 0 Å². The molecule has 1 saturated carbocycles. The molecule has 0 aromatic carbocycles. The van der Waals surface area contributed by atoms with Gasteiger partial charge in [0.25, 0.3) is 5.56 Å². The molecule has 1 aromatic rings. The minimum Gasteiger partial charge on any atom is -0.473 e. The van der Waals surface area contributed by atoms with Gasteiger partial charge in [-0.15, -0.1) is 0 Å². The van der Waals surface area contributed by atoms with Crippen LogP contribution in [0.2, 0.25) is 5.02 Å². The Labute approximate surface area is 104 Å². The molecule has 1 heterocycles. The number of aromatic amines is 1. The van der Waals surface area contributed by atoms with Crippen molar-refractivity contribution in [1.29, 1.82) is 0 Å². The standard InChI is InChI=1S/C11H15ClN2O3/c1-16-7-3-2-4-8(5-7)17-11-9(12)10(15)13-6-14-11/h6-8H,2-5H2,1H3,(H,13,14,15). The predicted octanol–water partition coefficient (Wildman–Crippen LogP) is 1.76. The van der Waals surface area contributed by atoms with Gasteiger partial charge in [0.2, 0.25) is 5.88 Å². The van der Waals surface area contributed by atoms with Crippen LogP contribution in [0.25, 0.3) is 0 Å². The van der Waals surface area contributed by atoms with Crippen LogP contribution in [0.5, 0.6) is 5.88 Å². The highest BCUT2D eigenvalue weighted by Gasteiger charge is 2.24. The maximum atomic E-state index is 11.3. The topological polar surface area (TPSA) is 64.2 Å². The number of nitrogens with one attached hydrogen (secondary N) is 1. The number of hydrogen-bond donors (Lipinski definition) is 1. The molecule has 1 aromatic heterocycles. The second kappa shape index (κ2) is 5.51. The quantitative estimate of drug-likeness (QED) is 0.897. The van der Waals surface area contributed by atoms with Gasteiger partial charge in [0.15, 0.2) is 5.02 Å². The monoisotopic (exact) mass is 258 g/mol. The van der Waals surface area contributed by atoms with Gasteiger partial charge in [-0.05, 0) is 19.3 Å². The van der Waals surface area contributed by atoms with Gasteiger partial charge >= 0.3 is 0 Å². The molecule has 1 fully saturated rings. The van der Waals surface area contributed by atoms with Gasteiger partial charge in [0, 0.05) is 13.5 Å². The lowest BCUT2D eigenvalue weighted by Crippen LogP contribution is -2.30. The van der Waals surface area contributed by atoms with E-state index in [2.05, 4.69) is 9.97 Å². The van der Waals surface area contributed by atoms with Crippen molar-refractivity contribution >= 4 is 11.6 Å². The zero-order chi connectivity index (χ0) is 12.3. The summed E-state index contributed by atoms with van der Waals surface area (Å²) in [5.74, 6) is 0.206. The summed E-state index contributed by atoms with van der Waals surface area (Å²) in [4.78, 5) is 17.6. The van der Waals surface area contributed by atoms with Crippen molar-refractivity contribution in [3.8, 4) is 5.88 Å². The van der Waals surface area contributed by atoms with Gasteiger partial charge in [0.05, 0.1) is 12.4 Å². The molecule has 0 spiro atoms. The average Bonchev–Trinajstić information content (AvgIpc) is 2.35. The summed E-state index contributed by atoms with van der Waals surface area (Å²) in [7, 11) is 1.70. The van der Waals surface area contributed by atoms with E-state index >= 15 is 0 Å². The highest BCUT2D eigenvalue weighted by atomic mass is 35.5. The van der Waals surface area contributed by atoms with E-state index in [0.29, 0.717) is 0 Å². The van der Waals surface area contributed by atoms with Crippen molar-refractivity contribution in [2.24, 2.45) is 0 Å². The van der Waals surface area contributed by atoms with Gasteiger partial charge < -0.3 is 14.5 Å². The van der Waals surface area contributed by atoms with Crippen LogP contribution in [0.1, 0.15) is 25.7 Å². The molecule has 0 amide bonds. The molecular weight excluding hydrogens is 244 g/mol. The van der Waals surface area contributed by atoms with E-state index < -0.39 is 0 Å². The molecule has 94 valence electrons. The van der Waals surface area contributed by atoms with Crippen molar-refractivity contribution in [2.45, 2.75) is 37.9 Å². The summed E-state index contributed by atoms with van der Waals surface area (Å²) in [6.45, 7) is 0. The summed E-state index contributed by atoms with van der Waals surface area (Å²) in [6, 6.07) is 0. The number of nitrogens with zero attached hydrogens (tertiary/aromatic N) is 1. The van der Waals surface area contributed by atoms with Gasteiger partial charge in [-0.3, -0.25) is 4.79 Å². The molecule has 0 radical (unpaired) electrons. The largest absolute Gasteiger partial charge is 0.473 e. The third kappa shape index (κ3) is 2.98. The van der Waals surface area contributed by atoms with Gasteiger partial charge in [0.1, 0.15) is 6.10 Å². The number of ether oxygens (including phenoxy) is 2. The average molecular weight is 259 g/mol. The molecule has 0 bridgehead atoms. The first-order valence-electron chi connectivity index (χ1n) is 5.63. The molecule has 2 unspecified atom stereocenters. The first-order chi connectivity index (χ1) is 8.20. The number of H-pyrrole nitrogens is 1. The summed E-state index contributed by atoms with van der Waals surface area (Å²) in [5.41, 5.74) is -0.379. The molecule has 1 aliphatic carbocycles. The van der Waals surface area contributed by atoms with Crippen LogP contribution in [-0.4, -0.2) is 29.3 Å². The predicted molar refractivity (Wildman–Crippen MR) is 63.5 cm³/mol. The fraction of sp³-hybridized carbons (Fsp3) is 0.636. The fourth-order valence-corrected chi connectivity index (χ4v) is 2.18. The van der Waals surface area contributed by atoms with E-state index in [4.69, 9.17) is 21.1 Å². The van der Waals surface area contributed by atoms with Crippen LogP contribution >= 0.6 is 11.6 Å². The highest BCUT2D eigenvalue weighted by Crippen LogP contribution is 2.26. The molecule has 1 aliphatic rings. The van der Waals surface area contributed by atoms with Crippen molar-refractivity contribution < 1.29 is 9.47 Å². The Morgan fingerprint density at radius 2 is 2.24 bits per heavy atom. The Balaban J connectivity index is 2.05. The lowest BCUT2D eigenvalue weighted by Gasteiger charge is -2.28. The summed E-state index contributed by atoms with van der Waals surface area (Å²) >= 11 is 5.82. The van der Waals surface area contributed by atoms with Gasteiger partial charge in [-0.25, -0.2) is 4.98 Å². The fourth-order valence-electron chi connectivity index (χ4n) is 2.03. The first kappa shape index (κ1) is 12.4. The number of halogens is 1. The number of rotatable bonds is 3. The Morgan fingerprint density at radius 3 is 3.00 bits per heavy atom. The van der Waals surface area contributed by atoms with Crippen LogP contribution in [0.3, 0.4) is 0 Å². The van der Waals surface area contributed by atoms with Gasteiger partial charge in [-0.1, -0.05) is 11.6 Å². The Kier molecular flexibility index (Phi) is 4.02. The minimum absolute atomic E-state index is 0.00652. The zero-order valence-electron chi connectivity index (χ0n) is 9.61. The van der Waals surface area contributed by atoms with E-state index in [0.717, 1.165) is 25.7 Å². The van der Waals surface area contributed by atoms with E-state index in [1.54, 1.807) is 7.11 Å². The second-order valence-corrected chi connectivity index (χ2v) is 4.49. The minimum atomic E-state index is -0.379. The molecule has 6 heteroatoms. The van der Waals surface area contributed by atoms with Gasteiger partial charge in [-0.2, -0.15) is 0 Å². The Bertz CT molecular complexity index is 435. The lowest BCUT2D eigenvalue weighted by atomic mass is 9.95. The summed E-state index contributed by atoms with van der Waals surface area (Å²) in [5, 5.41) is 0.00652. The Morgan fingerprint density at radius 1 is 1.47 bits per heavy atom. The van der Waals surface area contributed by atoms with Crippen molar-refractivity contribution in [1.82, 2.24) is 9.97 Å². The number of methoxy groups -OCH3 is 1. The van der Waals surface area contributed by atoms with Crippen LogP contribution in [0.4, 0.5) is 0 Å². The van der Waals surface area contributed by atoms with E-state index in [-0.39, 0.29) is 28.7 Å². The second-order valence-electron chi connectivity index (χ2n) is 4.11. The SMILES string of the molecule is COC1CCCC(Oc2nc[nH]c(=O)c2Cl)C1. The van der Waals surface area contributed by atoms with Crippen LogP contribution in [0.15, 0.2) is 11.1 Å². The van der Waals surface area contributed by atoms with Crippen LogP contribution in [0, 0.1) is 0 Å². The molecule has 0 aliphatic heterocycles. The maximum absolute atomic E-state index is 11.3. The van der Waals surface area contributed by atoms with Crippen molar-refractivity contribution in [3.63, 3.8) is 0 Å². The van der Waals surface area contributed by atoms with Crippen LogP contribution in [-0.2, 0) is 4.74 Å². The highest BCUT2D eigenvalue weighted by molar-refractivity contribution is 6.31. The van der Waals surface area contributed by atoms with Crippen molar-refractivity contribution in [2.75, 3.05) is 7.11 Å². The third-order valence-electron chi connectivity index (χ3n) is 2.95. The molecule has 2 rings (SSSR count). The summed E-state index contributed by atoms with van der Waals surface area (Å²) in [6.07, 6.45) is 5.36. The third-order valence-corrected chi connectivity index (χ3v) is 3.29. The summed E-state index contributed by atoms with van der Waals surface area (Å²) < 4.78 is 11.0. The molecule has 5 nitrogen and oxygen atoms in total. The lowest BCUT2D eigenvalue weighted by molar-refractivity contribution is 0.0194. The maximum Gasteiger partial charge on any atom is 0.273 e. The van der Waals surface area contributed by atoms with Crippen molar-refractivity contribution in [3.05, 3.63) is 21.7 Å². The molecule has 17 heavy (non-hydrogen) atoms. The smallest absolute Gasteiger partial charge is 0.273 e. The Hall–Kier alpha value is -1.07. The first-order valence-corrected chi connectivity index (χ1v) is 6.01. The zero-order valence-corrected chi connectivity index (χ0v) is 10.4. The normalized spacial score (nSPS) is 24.6. The van der Waals surface area contributed by atoms with E-state index in [9.17, 15) is 4.79 Å². The molecule has 0 saturated heterocycles. The molecule has 2 atom stereocenters. The number of hydrogen-bond acceptors (Lipinski definition) is 4. The molecular formula is C11H15ClN2O3. The van der Waals surface area contributed by atoms with E-state index in [1.165, 1.54) is 6.33 Å². The van der Waals surface area contributed by atoms with Crippen LogP contribution < -0.4 is 10.3 Å².